The fourth-order valence-electron chi connectivity index (χ4n) is 3.64. The number of esters is 2. The monoisotopic (exact) mass is 628 g/mol. The van der Waals surface area contributed by atoms with Crippen LogP contribution in [-0.4, -0.2) is 44.2 Å². The van der Waals surface area contributed by atoms with Gasteiger partial charge in [0.1, 0.15) is 0 Å². The molecule has 0 radical (unpaired) electrons. The van der Waals surface area contributed by atoms with E-state index in [4.69, 9.17) is 3.63 Å². The van der Waals surface area contributed by atoms with E-state index in [0.717, 1.165) is 6.92 Å². The summed E-state index contributed by atoms with van der Waals surface area (Å²) in [5, 5.41) is -4.97. The molecule has 226 valence electrons. The van der Waals surface area contributed by atoms with Gasteiger partial charge in [-0.25, -0.2) is 13.2 Å². The Hall–Kier alpha value is -3.68. The van der Waals surface area contributed by atoms with Crippen molar-refractivity contribution in [1.82, 2.24) is 0 Å². The highest BCUT2D eigenvalue weighted by molar-refractivity contribution is 8.33. The van der Waals surface area contributed by atoms with Crippen LogP contribution in [0.3, 0.4) is 0 Å². The molecule has 0 heterocycles. The van der Waals surface area contributed by atoms with Crippen LogP contribution in [0.2, 0.25) is 0 Å². The van der Waals surface area contributed by atoms with E-state index in [9.17, 15) is 26.8 Å². The Morgan fingerprint density at radius 3 is 1.57 bits per heavy atom. The predicted octanol–water partition coefficient (Wildman–Crippen LogP) is 6.90. The molecule has 0 aliphatic rings. The molecule has 0 saturated carbocycles. The zero-order valence-electron chi connectivity index (χ0n) is 22.5. The summed E-state index contributed by atoms with van der Waals surface area (Å²) in [6.45, 7) is 3.29. The second-order valence-electron chi connectivity index (χ2n) is 8.94. The van der Waals surface area contributed by atoms with E-state index in [2.05, 4.69) is 16.1 Å². The van der Waals surface area contributed by atoms with Crippen LogP contribution in [-0.2, 0) is 32.8 Å². The third-order valence-corrected chi connectivity index (χ3v) is 11.0. The van der Waals surface area contributed by atoms with Crippen molar-refractivity contribution < 1.29 is 48.7 Å². The second kappa shape index (κ2) is 13.1. The molecule has 3 aromatic rings. The molecular formula is C29H28F4O7S2. The molecule has 42 heavy (non-hydrogen) atoms. The number of hydrogen-bond donors (Lipinski definition) is 0. The minimum Gasteiger partial charge on any atom is -0.453 e. The Morgan fingerprint density at radius 2 is 1.21 bits per heavy atom. The van der Waals surface area contributed by atoms with Gasteiger partial charge in [0.25, 0.3) is 0 Å². The van der Waals surface area contributed by atoms with Gasteiger partial charge in [-0.3, -0.25) is 0 Å². The maximum atomic E-state index is 15.3. The summed E-state index contributed by atoms with van der Waals surface area (Å²) in [6, 6.07) is 23.5. The lowest BCUT2D eigenvalue weighted by molar-refractivity contribution is -0.200. The van der Waals surface area contributed by atoms with Crippen LogP contribution < -0.4 is 0 Å². The Kier molecular flexibility index (Phi) is 10.2. The first-order valence-corrected chi connectivity index (χ1v) is 15.4. The molecular weight excluding hydrogens is 600 g/mol. The molecule has 7 nitrogen and oxygen atoms in total. The van der Waals surface area contributed by atoms with Crippen molar-refractivity contribution in [3.05, 3.63) is 103 Å². The number of carbonyl (C=O) groups excluding carboxylic acids is 2. The van der Waals surface area contributed by atoms with Crippen LogP contribution in [0.15, 0.2) is 118 Å². The highest BCUT2D eigenvalue weighted by atomic mass is 32.3. The Balaban J connectivity index is 1.99. The summed E-state index contributed by atoms with van der Waals surface area (Å²) < 4.78 is 101. The normalized spacial score (nSPS) is 13.6. The first-order chi connectivity index (χ1) is 19.7. The number of ether oxygens (including phenoxy) is 2. The average molecular weight is 629 g/mol. The molecule has 3 rings (SSSR count). The molecule has 0 saturated heterocycles. The Labute approximate surface area is 242 Å². The minimum atomic E-state index is -5.97. The van der Waals surface area contributed by atoms with Crippen molar-refractivity contribution in [1.29, 1.82) is 0 Å². The van der Waals surface area contributed by atoms with Gasteiger partial charge < -0.3 is 9.47 Å². The molecule has 0 spiro atoms. The van der Waals surface area contributed by atoms with Crippen LogP contribution in [0.1, 0.15) is 20.3 Å². The zero-order valence-corrected chi connectivity index (χ0v) is 24.2. The smallest absolute Gasteiger partial charge is 0.403 e. The SMILES string of the molecule is C=C(C)C(=O)OC(CC)C(F)(F)C(=O)OCC(F)(F)S(=O)(=O)OS(c1ccccc1)(c1ccccc1)c1ccccc1. The number of hydrogen-bond acceptors (Lipinski definition) is 7. The van der Waals surface area contributed by atoms with Crippen molar-refractivity contribution in [2.24, 2.45) is 0 Å². The quantitative estimate of drug-likeness (QED) is 0.115. The molecule has 1 atom stereocenters. The highest BCUT2D eigenvalue weighted by Gasteiger charge is 2.56. The van der Waals surface area contributed by atoms with Gasteiger partial charge in [0, 0.05) is 20.3 Å². The molecule has 0 N–H and O–H groups in total. The molecule has 0 aliphatic carbocycles. The standard InChI is InChI=1S/C29H28F4O7S2/c1-4-25(39-26(34)21(2)3)29(32,33)27(35)38-20-28(30,31)42(36,37)40-41(22-14-8-5-9-15-22,23-16-10-6-11-17-23)24-18-12-7-13-19-24/h5-19,25H,2,4,20H2,1,3H3. The lowest BCUT2D eigenvalue weighted by Crippen LogP contribution is -2.47. The molecule has 0 aliphatic heterocycles. The average Bonchev–Trinajstić information content (AvgIpc) is 2.98. The summed E-state index contributed by atoms with van der Waals surface area (Å²) in [7, 11) is -9.38. The van der Waals surface area contributed by atoms with Crippen LogP contribution in [0.25, 0.3) is 0 Å². The fraction of sp³-hybridized carbons (Fsp3) is 0.241. The van der Waals surface area contributed by atoms with Gasteiger partial charge in [0.15, 0.2) is 12.7 Å². The topological polar surface area (TPSA) is 96.0 Å². The van der Waals surface area contributed by atoms with E-state index < -0.39 is 62.7 Å². The molecule has 13 heteroatoms. The molecule has 0 aromatic heterocycles. The Bertz CT molecular complexity index is 1400. The first kappa shape index (κ1) is 32.8. The minimum absolute atomic E-state index is 0.242. The predicted molar refractivity (Wildman–Crippen MR) is 148 cm³/mol. The number of benzene rings is 3. The van der Waals surface area contributed by atoms with Gasteiger partial charge in [0.05, 0.1) is 0 Å². The van der Waals surface area contributed by atoms with Crippen molar-refractivity contribution in [2.45, 2.75) is 52.2 Å². The Morgan fingerprint density at radius 1 is 0.810 bits per heavy atom. The van der Waals surface area contributed by atoms with Crippen LogP contribution in [0.4, 0.5) is 17.6 Å². The molecule has 0 fully saturated rings. The molecule has 0 bridgehead atoms. The number of rotatable bonds is 13. The summed E-state index contributed by atoms with van der Waals surface area (Å²) in [5.41, 5.74) is -0.242. The zero-order chi connectivity index (χ0) is 31.2. The van der Waals surface area contributed by atoms with Gasteiger partial charge in [0.2, 0.25) is 0 Å². The van der Waals surface area contributed by atoms with E-state index in [-0.39, 0.29) is 20.3 Å². The van der Waals surface area contributed by atoms with E-state index in [0.29, 0.717) is 0 Å². The van der Waals surface area contributed by atoms with Crippen molar-refractivity contribution in [3.63, 3.8) is 0 Å². The molecule has 0 amide bonds. The third-order valence-electron chi connectivity index (χ3n) is 5.80. The van der Waals surface area contributed by atoms with Gasteiger partial charge >= 0.3 is 33.2 Å². The molecule has 3 aromatic carbocycles. The molecule has 1 unspecified atom stereocenters. The lowest BCUT2D eigenvalue weighted by atomic mass is 10.1. The van der Waals surface area contributed by atoms with E-state index in [1.807, 2.05) is 0 Å². The van der Waals surface area contributed by atoms with Crippen molar-refractivity contribution in [2.75, 3.05) is 6.61 Å². The number of halogens is 4. The lowest BCUT2D eigenvalue weighted by Gasteiger charge is -2.40. The summed E-state index contributed by atoms with van der Waals surface area (Å²) in [6.07, 6.45) is -2.96. The van der Waals surface area contributed by atoms with Gasteiger partial charge in [-0.15, -0.1) is 0 Å². The summed E-state index contributed by atoms with van der Waals surface area (Å²) in [4.78, 5) is 24.6. The summed E-state index contributed by atoms with van der Waals surface area (Å²) >= 11 is 0. The fourth-order valence-corrected chi connectivity index (χ4v) is 8.70. The van der Waals surface area contributed by atoms with Crippen molar-refractivity contribution >= 4 is 32.4 Å². The largest absolute Gasteiger partial charge is 0.453 e. The van der Waals surface area contributed by atoms with Gasteiger partial charge in [-0.05, 0) is 60.1 Å². The van der Waals surface area contributed by atoms with Crippen LogP contribution >= 0.6 is 10.3 Å². The second-order valence-corrected chi connectivity index (χ2v) is 13.5. The van der Waals surface area contributed by atoms with Crippen LogP contribution in [0.5, 0.6) is 0 Å². The van der Waals surface area contributed by atoms with Crippen LogP contribution in [0, 0.1) is 0 Å². The van der Waals surface area contributed by atoms with Crippen molar-refractivity contribution in [3.8, 4) is 0 Å². The maximum absolute atomic E-state index is 15.3. The van der Waals surface area contributed by atoms with Gasteiger partial charge in [-0.1, -0.05) is 68.1 Å². The number of alkyl halides is 4. The summed E-state index contributed by atoms with van der Waals surface area (Å²) in [5.74, 6) is -8.32. The van der Waals surface area contributed by atoms with E-state index >= 15 is 8.78 Å². The first-order valence-electron chi connectivity index (χ1n) is 12.4. The van der Waals surface area contributed by atoms with E-state index in [1.54, 1.807) is 54.6 Å². The highest BCUT2D eigenvalue weighted by Crippen LogP contribution is 2.70. The number of carbonyl (C=O) groups is 2. The third kappa shape index (κ3) is 6.85. The van der Waals surface area contributed by atoms with Gasteiger partial charge in [-0.2, -0.15) is 26.0 Å². The van der Waals surface area contributed by atoms with E-state index in [1.165, 1.54) is 43.3 Å². The maximum Gasteiger partial charge on any atom is 0.403 e.